The van der Waals surface area contributed by atoms with E-state index in [2.05, 4.69) is 10.6 Å². The van der Waals surface area contributed by atoms with Crippen LogP contribution in [0.4, 0.5) is 5.69 Å². The zero-order valence-electron chi connectivity index (χ0n) is 10.4. The van der Waals surface area contributed by atoms with Crippen LogP contribution >= 0.6 is 11.6 Å². The van der Waals surface area contributed by atoms with E-state index in [0.29, 0.717) is 12.0 Å². The quantitative estimate of drug-likeness (QED) is 0.493. The maximum absolute atomic E-state index is 11.5. The third-order valence-corrected chi connectivity index (χ3v) is 3.26. The van der Waals surface area contributed by atoms with Crippen LogP contribution in [0.15, 0.2) is 18.2 Å². The number of nitrogens with zero attached hydrogens (tertiary/aromatic N) is 1. The van der Waals surface area contributed by atoms with Gasteiger partial charge in [0.15, 0.2) is 0 Å². The first kappa shape index (κ1) is 14.4. The molecule has 106 valence electrons. The molecule has 1 heterocycles. The molecule has 1 aliphatic heterocycles. The standard InChI is InChI=1S/C12H12ClN3O4/c13-8-2-1-7(10(5-8)16(19)20)6-14-9-3-4-11(17)15-12(9)18/h1-2,5,9,14H,3-4,6H2,(H,15,17,18). The topological polar surface area (TPSA) is 101 Å². The van der Waals surface area contributed by atoms with Gasteiger partial charge in [-0.15, -0.1) is 0 Å². The van der Waals surface area contributed by atoms with Crippen molar-refractivity contribution in [2.75, 3.05) is 0 Å². The summed E-state index contributed by atoms with van der Waals surface area (Å²) in [6, 6.07) is 3.83. The Kier molecular flexibility index (Phi) is 4.31. The van der Waals surface area contributed by atoms with E-state index in [9.17, 15) is 19.7 Å². The Hall–Kier alpha value is -1.99. The van der Waals surface area contributed by atoms with Gasteiger partial charge in [-0.3, -0.25) is 25.0 Å². The van der Waals surface area contributed by atoms with Crippen LogP contribution in [0.5, 0.6) is 0 Å². The molecule has 0 aromatic heterocycles. The smallest absolute Gasteiger partial charge is 0.275 e. The number of nitrogens with one attached hydrogen (secondary N) is 2. The fourth-order valence-electron chi connectivity index (χ4n) is 1.98. The third-order valence-electron chi connectivity index (χ3n) is 3.02. The van der Waals surface area contributed by atoms with Crippen molar-refractivity contribution in [1.29, 1.82) is 0 Å². The molecule has 0 radical (unpaired) electrons. The predicted molar refractivity (Wildman–Crippen MR) is 71.1 cm³/mol. The van der Waals surface area contributed by atoms with E-state index >= 15 is 0 Å². The van der Waals surface area contributed by atoms with Crippen molar-refractivity contribution in [2.45, 2.75) is 25.4 Å². The molecule has 1 aliphatic rings. The van der Waals surface area contributed by atoms with Gasteiger partial charge in [-0.05, 0) is 18.6 Å². The second-order valence-electron chi connectivity index (χ2n) is 4.41. The fourth-order valence-corrected chi connectivity index (χ4v) is 2.14. The lowest BCUT2D eigenvalue weighted by molar-refractivity contribution is -0.385. The summed E-state index contributed by atoms with van der Waals surface area (Å²) < 4.78 is 0. The highest BCUT2D eigenvalue weighted by Crippen LogP contribution is 2.23. The van der Waals surface area contributed by atoms with Crippen molar-refractivity contribution in [3.05, 3.63) is 38.9 Å². The van der Waals surface area contributed by atoms with Crippen LogP contribution in [0.1, 0.15) is 18.4 Å². The molecule has 1 aromatic carbocycles. The molecule has 2 amide bonds. The summed E-state index contributed by atoms with van der Waals surface area (Å²) in [6.45, 7) is 0.153. The first-order chi connectivity index (χ1) is 9.47. The molecular formula is C12H12ClN3O4. The van der Waals surface area contributed by atoms with Crippen LogP contribution in [0, 0.1) is 10.1 Å². The molecule has 1 unspecified atom stereocenters. The number of carbonyl (C=O) groups is 2. The average molecular weight is 298 g/mol. The predicted octanol–water partition coefficient (Wildman–Crippen LogP) is 1.14. The Labute approximate surface area is 119 Å². The van der Waals surface area contributed by atoms with Gasteiger partial charge in [0.2, 0.25) is 11.8 Å². The number of rotatable bonds is 4. The van der Waals surface area contributed by atoms with Crippen LogP contribution in [0.2, 0.25) is 5.02 Å². The highest BCUT2D eigenvalue weighted by Gasteiger charge is 2.26. The number of nitro benzene ring substituents is 1. The summed E-state index contributed by atoms with van der Waals surface area (Å²) in [6.07, 6.45) is 0.637. The van der Waals surface area contributed by atoms with Crippen LogP contribution in [0.3, 0.4) is 0 Å². The number of carbonyl (C=O) groups excluding carboxylic acids is 2. The monoisotopic (exact) mass is 297 g/mol. The highest BCUT2D eigenvalue weighted by atomic mass is 35.5. The number of imide groups is 1. The molecule has 2 rings (SSSR count). The molecule has 20 heavy (non-hydrogen) atoms. The van der Waals surface area contributed by atoms with Gasteiger partial charge in [0.25, 0.3) is 5.69 Å². The summed E-state index contributed by atoms with van der Waals surface area (Å²) in [7, 11) is 0. The van der Waals surface area contributed by atoms with Crippen molar-refractivity contribution >= 4 is 29.1 Å². The minimum absolute atomic E-state index is 0.0997. The van der Waals surface area contributed by atoms with Gasteiger partial charge in [0, 0.05) is 29.6 Å². The van der Waals surface area contributed by atoms with Crippen LogP contribution < -0.4 is 10.6 Å². The lowest BCUT2D eigenvalue weighted by Gasteiger charge is -2.21. The van der Waals surface area contributed by atoms with E-state index in [-0.39, 0.29) is 29.6 Å². The molecule has 1 saturated heterocycles. The van der Waals surface area contributed by atoms with Gasteiger partial charge >= 0.3 is 0 Å². The van der Waals surface area contributed by atoms with Crippen molar-refractivity contribution in [1.82, 2.24) is 10.6 Å². The number of amides is 2. The van der Waals surface area contributed by atoms with Gasteiger partial charge in [-0.2, -0.15) is 0 Å². The number of hydrogen-bond acceptors (Lipinski definition) is 5. The second kappa shape index (κ2) is 5.98. The van der Waals surface area contributed by atoms with E-state index in [1.165, 1.54) is 6.07 Å². The van der Waals surface area contributed by atoms with Crippen LogP contribution in [-0.4, -0.2) is 22.8 Å². The molecule has 2 N–H and O–H groups in total. The van der Waals surface area contributed by atoms with Gasteiger partial charge in [0.05, 0.1) is 11.0 Å². The summed E-state index contributed by atoms with van der Waals surface area (Å²) in [5.74, 6) is -0.705. The molecule has 1 aromatic rings. The van der Waals surface area contributed by atoms with E-state index in [0.717, 1.165) is 0 Å². The molecule has 0 aliphatic carbocycles. The number of halogens is 1. The molecule has 0 spiro atoms. The first-order valence-electron chi connectivity index (χ1n) is 5.97. The zero-order chi connectivity index (χ0) is 14.7. The minimum Gasteiger partial charge on any atom is -0.301 e. The first-order valence-corrected chi connectivity index (χ1v) is 6.35. The number of hydrogen-bond donors (Lipinski definition) is 2. The number of nitro groups is 1. The van der Waals surface area contributed by atoms with E-state index < -0.39 is 16.9 Å². The molecule has 1 atom stereocenters. The molecule has 0 bridgehead atoms. The number of benzene rings is 1. The van der Waals surface area contributed by atoms with Gasteiger partial charge < -0.3 is 5.32 Å². The SMILES string of the molecule is O=C1CCC(NCc2ccc(Cl)cc2[N+](=O)[O-])C(=O)N1. The van der Waals surface area contributed by atoms with E-state index in [1.54, 1.807) is 12.1 Å². The average Bonchev–Trinajstić information content (AvgIpc) is 2.38. The Morgan fingerprint density at radius 3 is 2.85 bits per heavy atom. The van der Waals surface area contributed by atoms with Crippen molar-refractivity contribution < 1.29 is 14.5 Å². The summed E-state index contributed by atoms with van der Waals surface area (Å²) in [5.41, 5.74) is 0.335. The Balaban J connectivity index is 2.06. The maximum Gasteiger partial charge on any atom is 0.275 e. The van der Waals surface area contributed by atoms with Crippen molar-refractivity contribution in [3.8, 4) is 0 Å². The fraction of sp³-hybridized carbons (Fsp3) is 0.333. The maximum atomic E-state index is 11.5. The summed E-state index contributed by atoms with van der Waals surface area (Å²) in [5, 5.41) is 16.3. The lowest BCUT2D eigenvalue weighted by atomic mass is 10.1. The summed E-state index contributed by atoms with van der Waals surface area (Å²) in [4.78, 5) is 33.0. The molecular weight excluding hydrogens is 286 g/mol. The van der Waals surface area contributed by atoms with Gasteiger partial charge in [-0.25, -0.2) is 0 Å². The number of piperidine rings is 1. The Bertz CT molecular complexity index is 576. The molecule has 8 heteroatoms. The summed E-state index contributed by atoms with van der Waals surface area (Å²) >= 11 is 5.72. The van der Waals surface area contributed by atoms with Crippen LogP contribution in [0.25, 0.3) is 0 Å². The van der Waals surface area contributed by atoms with Crippen molar-refractivity contribution in [3.63, 3.8) is 0 Å². The van der Waals surface area contributed by atoms with Gasteiger partial charge in [0.1, 0.15) is 0 Å². The largest absolute Gasteiger partial charge is 0.301 e. The zero-order valence-corrected chi connectivity index (χ0v) is 11.1. The Morgan fingerprint density at radius 1 is 1.45 bits per heavy atom. The highest BCUT2D eigenvalue weighted by molar-refractivity contribution is 6.30. The normalized spacial score (nSPS) is 18.8. The molecule has 1 fully saturated rings. The van der Waals surface area contributed by atoms with Crippen molar-refractivity contribution in [2.24, 2.45) is 0 Å². The van der Waals surface area contributed by atoms with E-state index in [4.69, 9.17) is 11.6 Å². The van der Waals surface area contributed by atoms with Crippen LogP contribution in [-0.2, 0) is 16.1 Å². The van der Waals surface area contributed by atoms with E-state index in [1.807, 2.05) is 0 Å². The lowest BCUT2D eigenvalue weighted by Crippen LogP contribution is -2.50. The third kappa shape index (κ3) is 3.31. The second-order valence-corrected chi connectivity index (χ2v) is 4.85. The van der Waals surface area contributed by atoms with Gasteiger partial charge in [-0.1, -0.05) is 11.6 Å². The molecule has 0 saturated carbocycles. The molecule has 7 nitrogen and oxygen atoms in total. The Morgan fingerprint density at radius 2 is 2.20 bits per heavy atom. The minimum atomic E-state index is -0.525.